The molecule has 9 aromatic carbocycles. The molecule has 0 aliphatic carbocycles. The van der Waals surface area contributed by atoms with E-state index in [1.165, 1.54) is 55.4 Å². The van der Waals surface area contributed by atoms with Crippen LogP contribution in [0.4, 0.5) is 34.1 Å². The van der Waals surface area contributed by atoms with Crippen LogP contribution in [0.3, 0.4) is 0 Å². The van der Waals surface area contributed by atoms with E-state index in [9.17, 15) is 0 Å². The molecule has 0 amide bonds. The number of ether oxygens (including phenoxy) is 1. The minimum Gasteiger partial charge on any atom is -0.453 e. The molecule has 3 nitrogen and oxygen atoms in total. The highest BCUT2D eigenvalue weighted by molar-refractivity contribution is 6.07. The van der Waals surface area contributed by atoms with Crippen LogP contribution in [0.5, 0.6) is 11.5 Å². The van der Waals surface area contributed by atoms with Gasteiger partial charge >= 0.3 is 0 Å². The highest BCUT2D eigenvalue weighted by Crippen LogP contribution is 2.63. The Morgan fingerprint density at radius 2 is 0.983 bits per heavy atom. The van der Waals surface area contributed by atoms with Crippen molar-refractivity contribution >= 4 is 44.9 Å². The van der Waals surface area contributed by atoms with Gasteiger partial charge < -0.3 is 14.5 Å². The van der Waals surface area contributed by atoms with E-state index in [2.05, 4.69) is 230 Å². The van der Waals surface area contributed by atoms with Crippen molar-refractivity contribution in [1.29, 1.82) is 0 Å². The molecule has 276 valence electrons. The van der Waals surface area contributed by atoms with Crippen molar-refractivity contribution in [2.45, 2.75) is 19.3 Å². The molecule has 2 aliphatic heterocycles. The summed E-state index contributed by atoms with van der Waals surface area (Å²) in [5.41, 5.74) is 16.0. The van der Waals surface area contributed by atoms with Crippen LogP contribution in [0.2, 0.25) is 0 Å². The van der Waals surface area contributed by atoms with E-state index in [0.29, 0.717) is 0 Å². The molecule has 0 saturated heterocycles. The Balaban J connectivity index is 1.08. The summed E-state index contributed by atoms with van der Waals surface area (Å²) in [6.07, 6.45) is 0. The minimum absolute atomic E-state index is 0.324. The lowest BCUT2D eigenvalue weighted by Gasteiger charge is -2.46. The van der Waals surface area contributed by atoms with Gasteiger partial charge in [-0.25, -0.2) is 0 Å². The van der Waals surface area contributed by atoms with Crippen LogP contribution in [-0.2, 0) is 5.41 Å². The standard InChI is InChI=1S/C55H40N2O/c1-55(2)48-22-11-12-23-49(48)57-53-47-21-10-9-18-41(47)28-34-50(53)58-51-35-33-46(52(55)54(51)57)42-19-13-20-45(36-42)56(43-29-24-39(25-30-43)37-14-5-3-6-15-37)44-31-26-40(27-32-44)38-16-7-4-8-17-38/h3-36H,1-2H3. The second-order valence-electron chi connectivity index (χ2n) is 15.8. The van der Waals surface area contributed by atoms with Crippen molar-refractivity contribution in [2.24, 2.45) is 0 Å². The summed E-state index contributed by atoms with van der Waals surface area (Å²) >= 11 is 0. The molecular weight excluding hydrogens is 705 g/mol. The van der Waals surface area contributed by atoms with Crippen LogP contribution >= 0.6 is 0 Å². The lowest BCUT2D eigenvalue weighted by atomic mass is 9.70. The lowest BCUT2D eigenvalue weighted by Crippen LogP contribution is -2.33. The Kier molecular flexibility index (Phi) is 7.84. The first-order valence-electron chi connectivity index (χ1n) is 20.0. The van der Waals surface area contributed by atoms with Gasteiger partial charge in [-0.1, -0.05) is 166 Å². The fraction of sp³-hybridized carbons (Fsp3) is 0.0545. The Hall–Kier alpha value is -7.36. The number of rotatable bonds is 6. The molecule has 0 saturated carbocycles. The fourth-order valence-corrected chi connectivity index (χ4v) is 9.23. The van der Waals surface area contributed by atoms with E-state index in [1.54, 1.807) is 0 Å². The topological polar surface area (TPSA) is 15.7 Å². The van der Waals surface area contributed by atoms with Gasteiger partial charge in [-0.2, -0.15) is 0 Å². The summed E-state index contributed by atoms with van der Waals surface area (Å²) in [7, 11) is 0. The van der Waals surface area contributed by atoms with Gasteiger partial charge in [0.25, 0.3) is 0 Å². The smallest absolute Gasteiger partial charge is 0.152 e. The molecular formula is C55H40N2O. The minimum atomic E-state index is -0.324. The van der Waals surface area contributed by atoms with Crippen molar-refractivity contribution < 1.29 is 4.74 Å². The average Bonchev–Trinajstić information content (AvgIpc) is 3.29. The molecule has 0 atom stereocenters. The van der Waals surface area contributed by atoms with Gasteiger partial charge in [-0.15, -0.1) is 0 Å². The second kappa shape index (κ2) is 13.4. The molecule has 11 rings (SSSR count). The van der Waals surface area contributed by atoms with Crippen LogP contribution in [0, 0.1) is 0 Å². The van der Waals surface area contributed by atoms with Crippen molar-refractivity contribution in [2.75, 3.05) is 9.80 Å². The largest absolute Gasteiger partial charge is 0.453 e. The number of fused-ring (bicyclic) bond motifs is 6. The maximum absolute atomic E-state index is 6.84. The van der Waals surface area contributed by atoms with Gasteiger partial charge in [0.05, 0.1) is 17.1 Å². The van der Waals surface area contributed by atoms with Crippen LogP contribution in [0.25, 0.3) is 44.2 Å². The van der Waals surface area contributed by atoms with Crippen molar-refractivity contribution in [3.63, 3.8) is 0 Å². The second-order valence-corrected chi connectivity index (χ2v) is 15.8. The zero-order valence-corrected chi connectivity index (χ0v) is 32.4. The predicted molar refractivity (Wildman–Crippen MR) is 242 cm³/mol. The molecule has 0 N–H and O–H groups in total. The first-order valence-corrected chi connectivity index (χ1v) is 20.0. The normalized spacial score (nSPS) is 13.2. The van der Waals surface area contributed by atoms with Gasteiger partial charge in [0.1, 0.15) is 0 Å². The summed E-state index contributed by atoms with van der Waals surface area (Å²) in [6.45, 7) is 4.72. The van der Waals surface area contributed by atoms with Gasteiger partial charge in [0.15, 0.2) is 11.5 Å². The predicted octanol–water partition coefficient (Wildman–Crippen LogP) is 15.5. The SMILES string of the molecule is CC1(C)c2ccccc2N2c3c(ccc(-c4cccc(N(c5ccc(-c6ccccc6)cc5)c5ccc(-c6ccccc6)cc5)c4)c31)Oc1ccc3ccccc3c12. The number of hydrogen-bond acceptors (Lipinski definition) is 3. The van der Waals surface area contributed by atoms with E-state index < -0.39 is 0 Å². The number of hydrogen-bond donors (Lipinski definition) is 0. The van der Waals surface area contributed by atoms with Gasteiger partial charge in [0, 0.05) is 27.9 Å². The Bertz CT molecular complexity index is 2910. The number of benzene rings is 9. The number of anilines is 6. The summed E-state index contributed by atoms with van der Waals surface area (Å²) in [5, 5.41) is 2.36. The van der Waals surface area contributed by atoms with E-state index in [1.807, 2.05) is 0 Å². The van der Waals surface area contributed by atoms with Gasteiger partial charge in [-0.3, -0.25) is 0 Å². The third kappa shape index (κ3) is 5.43. The molecule has 0 radical (unpaired) electrons. The molecule has 0 fully saturated rings. The van der Waals surface area contributed by atoms with Gasteiger partial charge in [0.2, 0.25) is 0 Å². The summed E-state index contributed by atoms with van der Waals surface area (Å²) < 4.78 is 6.84. The Morgan fingerprint density at radius 1 is 0.431 bits per heavy atom. The van der Waals surface area contributed by atoms with Crippen LogP contribution < -0.4 is 14.5 Å². The van der Waals surface area contributed by atoms with Gasteiger partial charge in [-0.05, 0) is 104 Å². The molecule has 0 bridgehead atoms. The third-order valence-corrected chi connectivity index (χ3v) is 12.0. The summed E-state index contributed by atoms with van der Waals surface area (Å²) in [5.74, 6) is 1.74. The molecule has 2 heterocycles. The Labute approximate surface area is 339 Å². The summed E-state index contributed by atoms with van der Waals surface area (Å²) in [6, 6.07) is 74.2. The number of para-hydroxylation sites is 1. The van der Waals surface area contributed by atoms with E-state index >= 15 is 0 Å². The van der Waals surface area contributed by atoms with Crippen molar-refractivity contribution in [3.05, 3.63) is 217 Å². The quantitative estimate of drug-likeness (QED) is 0.169. The zero-order chi connectivity index (χ0) is 38.8. The average molecular weight is 745 g/mol. The fourth-order valence-electron chi connectivity index (χ4n) is 9.23. The van der Waals surface area contributed by atoms with Crippen molar-refractivity contribution in [3.8, 4) is 44.9 Å². The lowest BCUT2D eigenvalue weighted by molar-refractivity contribution is 0.472. The maximum Gasteiger partial charge on any atom is 0.152 e. The molecule has 58 heavy (non-hydrogen) atoms. The van der Waals surface area contributed by atoms with E-state index in [-0.39, 0.29) is 5.41 Å². The van der Waals surface area contributed by atoms with Crippen LogP contribution in [-0.4, -0.2) is 0 Å². The molecule has 0 spiro atoms. The molecule has 0 aromatic heterocycles. The third-order valence-electron chi connectivity index (χ3n) is 12.0. The zero-order valence-electron chi connectivity index (χ0n) is 32.4. The van der Waals surface area contributed by atoms with Crippen LogP contribution in [0.15, 0.2) is 206 Å². The molecule has 0 unspecified atom stereocenters. The number of nitrogens with zero attached hydrogens (tertiary/aromatic N) is 2. The molecule has 3 heteroatoms. The first kappa shape index (κ1) is 33.9. The van der Waals surface area contributed by atoms with E-state index in [4.69, 9.17) is 4.74 Å². The van der Waals surface area contributed by atoms with E-state index in [0.717, 1.165) is 45.5 Å². The molecule has 2 aliphatic rings. The maximum atomic E-state index is 6.84. The highest BCUT2D eigenvalue weighted by Gasteiger charge is 2.43. The first-order chi connectivity index (χ1) is 28.5. The molecule has 9 aromatic rings. The summed E-state index contributed by atoms with van der Waals surface area (Å²) in [4.78, 5) is 4.84. The Morgan fingerprint density at radius 3 is 1.67 bits per heavy atom. The van der Waals surface area contributed by atoms with Crippen molar-refractivity contribution in [1.82, 2.24) is 0 Å². The highest BCUT2D eigenvalue weighted by atomic mass is 16.5. The van der Waals surface area contributed by atoms with Crippen LogP contribution in [0.1, 0.15) is 25.0 Å². The monoisotopic (exact) mass is 744 g/mol.